The molecule has 0 aromatic carbocycles. The molecule has 1 rings (SSSR count). The second kappa shape index (κ2) is 3.49. The molecule has 0 aliphatic rings. The second-order valence-corrected chi connectivity index (χ2v) is 2.41. The SMILES string of the molecule is CNC(=O)c1ccc(F)nc1Cl. The van der Waals surface area contributed by atoms with Crippen LogP contribution in [0.15, 0.2) is 12.1 Å². The molecule has 64 valence electrons. The van der Waals surface area contributed by atoms with E-state index in [9.17, 15) is 9.18 Å². The quantitative estimate of drug-likeness (QED) is 0.674. The van der Waals surface area contributed by atoms with Crippen molar-refractivity contribution in [3.05, 3.63) is 28.8 Å². The van der Waals surface area contributed by atoms with Gasteiger partial charge in [-0.25, -0.2) is 4.98 Å². The highest BCUT2D eigenvalue weighted by atomic mass is 35.5. The van der Waals surface area contributed by atoms with Crippen molar-refractivity contribution in [1.82, 2.24) is 10.3 Å². The minimum atomic E-state index is -0.701. The van der Waals surface area contributed by atoms with Gasteiger partial charge in [0.15, 0.2) is 0 Å². The molecular weight excluding hydrogens is 183 g/mol. The Hall–Kier alpha value is -1.16. The maximum absolute atomic E-state index is 12.4. The van der Waals surface area contributed by atoms with Gasteiger partial charge < -0.3 is 5.32 Å². The third-order valence-electron chi connectivity index (χ3n) is 1.29. The standard InChI is InChI=1S/C7H6ClFN2O/c1-10-7(12)4-2-3-5(9)11-6(4)8/h2-3H,1H3,(H,10,12). The van der Waals surface area contributed by atoms with E-state index in [1.807, 2.05) is 0 Å². The fourth-order valence-electron chi connectivity index (χ4n) is 0.716. The van der Waals surface area contributed by atoms with Gasteiger partial charge >= 0.3 is 0 Å². The summed E-state index contributed by atoms with van der Waals surface area (Å²) < 4.78 is 12.4. The Balaban J connectivity index is 3.09. The van der Waals surface area contributed by atoms with Crippen molar-refractivity contribution < 1.29 is 9.18 Å². The molecule has 1 aromatic heterocycles. The molecule has 0 unspecified atom stereocenters. The smallest absolute Gasteiger partial charge is 0.254 e. The molecule has 1 aromatic rings. The Labute approximate surface area is 73.6 Å². The highest BCUT2D eigenvalue weighted by Crippen LogP contribution is 2.12. The lowest BCUT2D eigenvalue weighted by Gasteiger charge is -2.00. The van der Waals surface area contributed by atoms with Gasteiger partial charge in [0.2, 0.25) is 5.95 Å². The van der Waals surface area contributed by atoms with Gasteiger partial charge in [-0.05, 0) is 12.1 Å². The van der Waals surface area contributed by atoms with Crippen LogP contribution in [0.25, 0.3) is 0 Å². The van der Waals surface area contributed by atoms with Crippen LogP contribution in [-0.4, -0.2) is 17.9 Å². The summed E-state index contributed by atoms with van der Waals surface area (Å²) in [4.78, 5) is 14.3. The van der Waals surface area contributed by atoms with Gasteiger partial charge in [0.1, 0.15) is 5.15 Å². The molecule has 0 fully saturated rings. The lowest BCUT2D eigenvalue weighted by Crippen LogP contribution is -2.18. The van der Waals surface area contributed by atoms with Crippen LogP contribution in [-0.2, 0) is 0 Å². The van der Waals surface area contributed by atoms with E-state index in [2.05, 4.69) is 10.3 Å². The third-order valence-corrected chi connectivity index (χ3v) is 1.57. The first-order valence-corrected chi connectivity index (χ1v) is 3.57. The molecule has 1 amide bonds. The fraction of sp³-hybridized carbons (Fsp3) is 0.143. The number of carbonyl (C=O) groups excluding carboxylic acids is 1. The number of aromatic nitrogens is 1. The average molecular weight is 189 g/mol. The number of rotatable bonds is 1. The summed E-state index contributed by atoms with van der Waals surface area (Å²) in [7, 11) is 1.46. The van der Waals surface area contributed by atoms with E-state index >= 15 is 0 Å². The summed E-state index contributed by atoms with van der Waals surface area (Å²) in [6, 6.07) is 2.36. The summed E-state index contributed by atoms with van der Waals surface area (Å²) >= 11 is 5.49. The number of carbonyl (C=O) groups is 1. The second-order valence-electron chi connectivity index (χ2n) is 2.05. The monoisotopic (exact) mass is 188 g/mol. The van der Waals surface area contributed by atoms with E-state index in [0.717, 1.165) is 6.07 Å². The van der Waals surface area contributed by atoms with Gasteiger partial charge in [-0.15, -0.1) is 0 Å². The first-order valence-electron chi connectivity index (χ1n) is 3.19. The maximum atomic E-state index is 12.4. The van der Waals surface area contributed by atoms with Crippen molar-refractivity contribution in [1.29, 1.82) is 0 Å². The van der Waals surface area contributed by atoms with Gasteiger partial charge in [0.05, 0.1) is 5.56 Å². The van der Waals surface area contributed by atoms with Crippen molar-refractivity contribution in [2.75, 3.05) is 7.05 Å². The molecule has 1 N–H and O–H groups in total. The number of pyridine rings is 1. The summed E-state index contributed by atoms with van der Waals surface area (Å²) in [5, 5.41) is 2.23. The highest BCUT2D eigenvalue weighted by Gasteiger charge is 2.09. The zero-order valence-corrected chi connectivity index (χ0v) is 7.02. The number of hydrogen-bond acceptors (Lipinski definition) is 2. The molecule has 0 atom stereocenters. The number of nitrogens with one attached hydrogen (secondary N) is 1. The molecule has 3 nitrogen and oxygen atoms in total. The first-order chi connectivity index (χ1) is 5.65. The Morgan fingerprint density at radius 3 is 2.83 bits per heavy atom. The van der Waals surface area contributed by atoms with Crippen molar-refractivity contribution >= 4 is 17.5 Å². The Morgan fingerprint density at radius 1 is 1.67 bits per heavy atom. The third kappa shape index (κ3) is 1.71. The lowest BCUT2D eigenvalue weighted by atomic mass is 10.3. The van der Waals surface area contributed by atoms with E-state index in [0.29, 0.717) is 0 Å². The van der Waals surface area contributed by atoms with E-state index in [4.69, 9.17) is 11.6 Å². The Kier molecular flexibility index (Phi) is 2.60. The normalized spacial score (nSPS) is 9.58. The van der Waals surface area contributed by atoms with Crippen LogP contribution in [0, 0.1) is 5.95 Å². The molecule has 12 heavy (non-hydrogen) atoms. The predicted octanol–water partition coefficient (Wildman–Crippen LogP) is 1.23. The average Bonchev–Trinajstić information content (AvgIpc) is 2.03. The molecule has 5 heteroatoms. The maximum Gasteiger partial charge on any atom is 0.254 e. The predicted molar refractivity (Wildman–Crippen MR) is 42.6 cm³/mol. The van der Waals surface area contributed by atoms with Crippen molar-refractivity contribution in [2.24, 2.45) is 0 Å². The highest BCUT2D eigenvalue weighted by molar-refractivity contribution is 6.32. The minimum Gasteiger partial charge on any atom is -0.355 e. The van der Waals surface area contributed by atoms with Crippen molar-refractivity contribution in [3.63, 3.8) is 0 Å². The number of halogens is 2. The molecule has 0 saturated heterocycles. The first kappa shape index (κ1) is 8.93. The van der Waals surface area contributed by atoms with Gasteiger partial charge in [0.25, 0.3) is 5.91 Å². The van der Waals surface area contributed by atoms with Gasteiger partial charge in [-0.3, -0.25) is 4.79 Å². The Bertz CT molecular complexity index is 316. The van der Waals surface area contributed by atoms with E-state index < -0.39 is 5.95 Å². The minimum absolute atomic E-state index is 0.130. The summed E-state index contributed by atoms with van der Waals surface area (Å²) in [6.45, 7) is 0. The summed E-state index contributed by atoms with van der Waals surface area (Å²) in [5.74, 6) is -1.08. The van der Waals surface area contributed by atoms with Crippen molar-refractivity contribution in [2.45, 2.75) is 0 Å². The largest absolute Gasteiger partial charge is 0.355 e. The van der Waals surface area contributed by atoms with Crippen molar-refractivity contribution in [3.8, 4) is 0 Å². The topological polar surface area (TPSA) is 42.0 Å². The number of nitrogens with zero attached hydrogens (tertiary/aromatic N) is 1. The summed E-state index contributed by atoms with van der Waals surface area (Å²) in [6.07, 6.45) is 0. The molecule has 1 heterocycles. The van der Waals surface area contributed by atoms with Crippen LogP contribution >= 0.6 is 11.6 Å². The summed E-state index contributed by atoms with van der Waals surface area (Å²) in [5.41, 5.74) is 0.167. The van der Waals surface area contributed by atoms with E-state index in [1.165, 1.54) is 13.1 Å². The molecular formula is C7H6ClFN2O. The van der Waals surface area contributed by atoms with Crippen LogP contribution in [0.2, 0.25) is 5.15 Å². The number of hydrogen-bond donors (Lipinski definition) is 1. The molecule has 0 spiro atoms. The van der Waals surface area contributed by atoms with Crippen LogP contribution in [0.4, 0.5) is 4.39 Å². The van der Waals surface area contributed by atoms with Gasteiger partial charge in [0, 0.05) is 7.05 Å². The zero-order valence-electron chi connectivity index (χ0n) is 6.27. The van der Waals surface area contributed by atoms with Gasteiger partial charge in [-0.1, -0.05) is 11.6 Å². The van der Waals surface area contributed by atoms with E-state index in [1.54, 1.807) is 0 Å². The lowest BCUT2D eigenvalue weighted by molar-refractivity contribution is 0.0963. The van der Waals surface area contributed by atoms with Crippen LogP contribution < -0.4 is 5.32 Å². The van der Waals surface area contributed by atoms with Gasteiger partial charge in [-0.2, -0.15) is 4.39 Å². The molecule has 0 saturated carbocycles. The van der Waals surface area contributed by atoms with E-state index in [-0.39, 0.29) is 16.6 Å². The Morgan fingerprint density at radius 2 is 2.33 bits per heavy atom. The molecule has 0 bridgehead atoms. The zero-order chi connectivity index (χ0) is 9.14. The molecule has 0 aliphatic heterocycles. The fourth-order valence-corrected chi connectivity index (χ4v) is 0.946. The van der Waals surface area contributed by atoms with Crippen LogP contribution in [0.5, 0.6) is 0 Å². The van der Waals surface area contributed by atoms with Crippen LogP contribution in [0.1, 0.15) is 10.4 Å². The number of amides is 1. The van der Waals surface area contributed by atoms with Crippen LogP contribution in [0.3, 0.4) is 0 Å². The molecule has 0 aliphatic carbocycles. The molecule has 0 radical (unpaired) electrons.